The number of anilines is 2. The van der Waals surface area contributed by atoms with Crippen molar-refractivity contribution in [1.82, 2.24) is 0 Å². The van der Waals surface area contributed by atoms with Gasteiger partial charge in [0.25, 0.3) is 0 Å². The first-order valence-corrected chi connectivity index (χ1v) is 5.46. The van der Waals surface area contributed by atoms with Gasteiger partial charge in [-0.2, -0.15) is 0 Å². The third kappa shape index (κ3) is 3.97. The van der Waals surface area contributed by atoms with E-state index in [0.717, 1.165) is 0 Å². The van der Waals surface area contributed by atoms with Crippen molar-refractivity contribution in [2.45, 2.75) is 13.8 Å². The zero-order chi connectivity index (χ0) is 13.5. The molecule has 0 saturated carbocycles. The SMILES string of the molecule is CCOC(=O)Nc1cc(NC(C)=O)ccc1OC. The Labute approximate surface area is 105 Å². The molecule has 98 valence electrons. The van der Waals surface area contributed by atoms with Crippen molar-refractivity contribution < 1.29 is 19.1 Å². The Hall–Kier alpha value is -2.24. The third-order valence-corrected chi connectivity index (χ3v) is 2.03. The van der Waals surface area contributed by atoms with Crippen LogP contribution in [0.5, 0.6) is 5.75 Å². The fraction of sp³-hybridized carbons (Fsp3) is 0.333. The van der Waals surface area contributed by atoms with Crippen LogP contribution in [-0.2, 0) is 9.53 Å². The quantitative estimate of drug-likeness (QED) is 0.861. The largest absolute Gasteiger partial charge is 0.495 e. The molecule has 0 aliphatic rings. The first kappa shape index (κ1) is 13.8. The predicted octanol–water partition coefficient (Wildman–Crippen LogP) is 2.22. The molecule has 0 aromatic heterocycles. The molecule has 1 aromatic rings. The number of ether oxygens (including phenoxy) is 2. The summed E-state index contributed by atoms with van der Waals surface area (Å²) in [5, 5.41) is 5.15. The van der Waals surface area contributed by atoms with Crippen LogP contribution in [0.3, 0.4) is 0 Å². The molecule has 0 heterocycles. The lowest BCUT2D eigenvalue weighted by Gasteiger charge is -2.12. The molecule has 0 fully saturated rings. The summed E-state index contributed by atoms with van der Waals surface area (Å²) < 4.78 is 9.87. The molecule has 1 aromatic carbocycles. The van der Waals surface area contributed by atoms with E-state index in [0.29, 0.717) is 17.1 Å². The molecule has 18 heavy (non-hydrogen) atoms. The lowest BCUT2D eigenvalue weighted by atomic mass is 10.2. The summed E-state index contributed by atoms with van der Waals surface area (Å²) in [5.41, 5.74) is 0.997. The second-order valence-corrected chi connectivity index (χ2v) is 3.44. The highest BCUT2D eigenvalue weighted by molar-refractivity contribution is 5.92. The molecule has 2 amide bonds. The van der Waals surface area contributed by atoms with E-state index in [1.54, 1.807) is 25.1 Å². The summed E-state index contributed by atoms with van der Waals surface area (Å²) in [7, 11) is 1.49. The first-order valence-electron chi connectivity index (χ1n) is 5.46. The van der Waals surface area contributed by atoms with Crippen LogP contribution in [-0.4, -0.2) is 25.7 Å². The van der Waals surface area contributed by atoms with Crippen molar-refractivity contribution in [1.29, 1.82) is 0 Å². The Morgan fingerprint density at radius 2 is 2.00 bits per heavy atom. The number of hydrogen-bond acceptors (Lipinski definition) is 4. The van der Waals surface area contributed by atoms with Crippen LogP contribution in [0, 0.1) is 0 Å². The average Bonchev–Trinajstić information content (AvgIpc) is 2.28. The number of carbonyl (C=O) groups excluding carboxylic acids is 2. The topological polar surface area (TPSA) is 76.7 Å². The van der Waals surface area contributed by atoms with Gasteiger partial charge in [0.2, 0.25) is 5.91 Å². The summed E-state index contributed by atoms with van der Waals surface area (Å²) in [4.78, 5) is 22.3. The van der Waals surface area contributed by atoms with Crippen LogP contribution >= 0.6 is 0 Å². The van der Waals surface area contributed by atoms with Gasteiger partial charge in [0.05, 0.1) is 19.4 Å². The van der Waals surface area contributed by atoms with E-state index in [-0.39, 0.29) is 12.5 Å². The highest BCUT2D eigenvalue weighted by Crippen LogP contribution is 2.27. The zero-order valence-electron chi connectivity index (χ0n) is 10.6. The minimum absolute atomic E-state index is 0.192. The van der Waals surface area contributed by atoms with Gasteiger partial charge < -0.3 is 14.8 Å². The van der Waals surface area contributed by atoms with Gasteiger partial charge in [-0.15, -0.1) is 0 Å². The maximum Gasteiger partial charge on any atom is 0.411 e. The van der Waals surface area contributed by atoms with Crippen molar-refractivity contribution in [3.8, 4) is 5.75 Å². The summed E-state index contributed by atoms with van der Waals surface area (Å²) in [6, 6.07) is 4.92. The van der Waals surface area contributed by atoms with Gasteiger partial charge in [-0.05, 0) is 25.1 Å². The molecule has 6 heteroatoms. The zero-order valence-corrected chi connectivity index (χ0v) is 10.6. The van der Waals surface area contributed by atoms with Crippen molar-refractivity contribution in [3.63, 3.8) is 0 Å². The summed E-state index contributed by atoms with van der Waals surface area (Å²) in [6.07, 6.45) is -0.573. The second kappa shape index (κ2) is 6.48. The Morgan fingerprint density at radius 3 is 2.56 bits per heavy atom. The highest BCUT2D eigenvalue weighted by atomic mass is 16.5. The second-order valence-electron chi connectivity index (χ2n) is 3.44. The molecule has 0 aliphatic carbocycles. The maximum atomic E-state index is 11.3. The number of nitrogens with one attached hydrogen (secondary N) is 2. The first-order chi connectivity index (χ1) is 8.56. The van der Waals surface area contributed by atoms with Gasteiger partial charge in [0.15, 0.2) is 0 Å². The molecular weight excluding hydrogens is 236 g/mol. The van der Waals surface area contributed by atoms with Crippen LogP contribution in [0.15, 0.2) is 18.2 Å². The molecule has 0 atom stereocenters. The number of carbonyl (C=O) groups is 2. The number of hydrogen-bond donors (Lipinski definition) is 2. The van der Waals surface area contributed by atoms with E-state index >= 15 is 0 Å². The fourth-order valence-electron chi connectivity index (χ4n) is 1.36. The average molecular weight is 252 g/mol. The lowest BCUT2D eigenvalue weighted by Crippen LogP contribution is -2.14. The van der Waals surface area contributed by atoms with E-state index in [2.05, 4.69) is 10.6 Å². The van der Waals surface area contributed by atoms with Gasteiger partial charge in [0, 0.05) is 12.6 Å². The van der Waals surface area contributed by atoms with Gasteiger partial charge in [-0.3, -0.25) is 10.1 Å². The van der Waals surface area contributed by atoms with Gasteiger partial charge in [-0.25, -0.2) is 4.79 Å². The third-order valence-electron chi connectivity index (χ3n) is 2.03. The smallest absolute Gasteiger partial charge is 0.411 e. The number of rotatable bonds is 4. The summed E-state index contributed by atoms with van der Waals surface area (Å²) in [6.45, 7) is 3.40. The Balaban J connectivity index is 2.91. The van der Waals surface area contributed by atoms with Crippen molar-refractivity contribution >= 4 is 23.4 Å². The Bertz CT molecular complexity index is 446. The molecule has 1 rings (SSSR count). The van der Waals surface area contributed by atoms with Crippen LogP contribution in [0.25, 0.3) is 0 Å². The van der Waals surface area contributed by atoms with E-state index < -0.39 is 6.09 Å². The predicted molar refractivity (Wildman–Crippen MR) is 67.9 cm³/mol. The molecular formula is C12H16N2O4. The molecule has 0 unspecified atom stereocenters. The van der Waals surface area contributed by atoms with Crippen molar-refractivity contribution in [2.24, 2.45) is 0 Å². The standard InChI is InChI=1S/C12H16N2O4/c1-4-18-12(16)14-10-7-9(13-8(2)15)5-6-11(10)17-3/h5-7H,4H2,1-3H3,(H,13,15)(H,14,16). The van der Waals surface area contributed by atoms with Crippen molar-refractivity contribution in [3.05, 3.63) is 18.2 Å². The molecule has 0 spiro atoms. The number of methoxy groups -OCH3 is 1. The molecule has 2 N–H and O–H groups in total. The minimum atomic E-state index is -0.573. The van der Waals surface area contributed by atoms with E-state index in [1.807, 2.05) is 0 Å². The molecule has 0 bridgehead atoms. The van der Waals surface area contributed by atoms with Crippen LogP contribution in [0.4, 0.5) is 16.2 Å². The van der Waals surface area contributed by atoms with Crippen LogP contribution in [0.2, 0.25) is 0 Å². The van der Waals surface area contributed by atoms with Crippen LogP contribution in [0.1, 0.15) is 13.8 Å². The summed E-state index contributed by atoms with van der Waals surface area (Å²) >= 11 is 0. The maximum absolute atomic E-state index is 11.3. The number of benzene rings is 1. The normalized spacial score (nSPS) is 9.50. The Morgan fingerprint density at radius 1 is 1.28 bits per heavy atom. The number of amides is 2. The van der Waals surface area contributed by atoms with Gasteiger partial charge >= 0.3 is 6.09 Å². The van der Waals surface area contributed by atoms with E-state index in [9.17, 15) is 9.59 Å². The van der Waals surface area contributed by atoms with Crippen LogP contribution < -0.4 is 15.4 Å². The summed E-state index contributed by atoms with van der Waals surface area (Å²) in [5.74, 6) is 0.291. The lowest BCUT2D eigenvalue weighted by molar-refractivity contribution is -0.114. The fourth-order valence-corrected chi connectivity index (χ4v) is 1.36. The molecule has 0 saturated heterocycles. The molecule has 0 aliphatic heterocycles. The molecule has 0 radical (unpaired) electrons. The van der Waals surface area contributed by atoms with Gasteiger partial charge in [0.1, 0.15) is 5.75 Å². The minimum Gasteiger partial charge on any atom is -0.495 e. The molecule has 6 nitrogen and oxygen atoms in total. The highest BCUT2D eigenvalue weighted by Gasteiger charge is 2.09. The monoisotopic (exact) mass is 252 g/mol. The van der Waals surface area contributed by atoms with Gasteiger partial charge in [-0.1, -0.05) is 0 Å². The Kier molecular flexibility index (Phi) is 4.98. The van der Waals surface area contributed by atoms with E-state index in [4.69, 9.17) is 9.47 Å². The van der Waals surface area contributed by atoms with E-state index in [1.165, 1.54) is 14.0 Å². The van der Waals surface area contributed by atoms with Crippen molar-refractivity contribution in [2.75, 3.05) is 24.4 Å².